The van der Waals surface area contributed by atoms with Gasteiger partial charge in [0.15, 0.2) is 0 Å². The van der Waals surface area contributed by atoms with E-state index in [1.54, 1.807) is 12.3 Å². The van der Waals surface area contributed by atoms with Crippen LogP contribution < -0.4 is 5.32 Å². The van der Waals surface area contributed by atoms with E-state index in [0.29, 0.717) is 18.2 Å². The SMILES string of the molecule is O=C(NCCc1cnc2ccccc2c1)c1ccnn1CC1CCC1. The third-order valence-corrected chi connectivity index (χ3v) is 4.95. The quantitative estimate of drug-likeness (QED) is 0.753. The highest BCUT2D eigenvalue weighted by molar-refractivity contribution is 5.92. The molecule has 0 saturated heterocycles. The first kappa shape index (κ1) is 15.8. The Balaban J connectivity index is 1.34. The number of benzene rings is 1. The first-order chi connectivity index (χ1) is 12.3. The molecule has 0 aliphatic heterocycles. The maximum atomic E-state index is 12.4. The molecule has 3 aromatic rings. The first-order valence-corrected chi connectivity index (χ1v) is 8.93. The van der Waals surface area contributed by atoms with E-state index in [1.165, 1.54) is 19.3 Å². The highest BCUT2D eigenvalue weighted by Crippen LogP contribution is 2.27. The Morgan fingerprint density at radius 1 is 1.24 bits per heavy atom. The van der Waals surface area contributed by atoms with Crippen LogP contribution in [-0.4, -0.2) is 27.2 Å². The topological polar surface area (TPSA) is 59.8 Å². The molecule has 4 rings (SSSR count). The van der Waals surface area contributed by atoms with Gasteiger partial charge in [-0.05, 0) is 48.9 Å². The Bertz CT molecular complexity index is 882. The molecule has 0 atom stereocenters. The van der Waals surface area contributed by atoms with Gasteiger partial charge in [-0.15, -0.1) is 0 Å². The molecule has 0 unspecified atom stereocenters. The lowest BCUT2D eigenvalue weighted by Crippen LogP contribution is -2.29. The second kappa shape index (κ2) is 7.05. The summed E-state index contributed by atoms with van der Waals surface area (Å²) in [6.07, 6.45) is 8.15. The van der Waals surface area contributed by atoms with Gasteiger partial charge in [0.05, 0.1) is 5.52 Å². The highest BCUT2D eigenvalue weighted by Gasteiger charge is 2.20. The minimum Gasteiger partial charge on any atom is -0.350 e. The molecule has 128 valence electrons. The zero-order chi connectivity index (χ0) is 17.1. The average Bonchev–Trinajstić information content (AvgIpc) is 3.06. The predicted molar refractivity (Wildman–Crippen MR) is 97.3 cm³/mol. The Hall–Kier alpha value is -2.69. The number of rotatable bonds is 6. The Morgan fingerprint density at radius 2 is 2.12 bits per heavy atom. The number of para-hydroxylation sites is 1. The van der Waals surface area contributed by atoms with E-state index in [9.17, 15) is 4.79 Å². The lowest BCUT2D eigenvalue weighted by Gasteiger charge is -2.25. The summed E-state index contributed by atoms with van der Waals surface area (Å²) < 4.78 is 1.84. The van der Waals surface area contributed by atoms with Gasteiger partial charge in [-0.2, -0.15) is 5.10 Å². The largest absolute Gasteiger partial charge is 0.350 e. The zero-order valence-corrected chi connectivity index (χ0v) is 14.2. The summed E-state index contributed by atoms with van der Waals surface area (Å²) in [5.41, 5.74) is 2.78. The number of carbonyl (C=O) groups excluding carboxylic acids is 1. The Kier molecular flexibility index (Phi) is 4.46. The third-order valence-electron chi connectivity index (χ3n) is 4.95. The van der Waals surface area contributed by atoms with Crippen LogP contribution in [0.1, 0.15) is 35.3 Å². The van der Waals surface area contributed by atoms with Crippen molar-refractivity contribution in [3.8, 4) is 0 Å². The van der Waals surface area contributed by atoms with Crippen molar-refractivity contribution in [1.29, 1.82) is 0 Å². The maximum Gasteiger partial charge on any atom is 0.269 e. The smallest absolute Gasteiger partial charge is 0.269 e. The standard InChI is InChI=1S/C20H22N4O/c25-20(19-9-11-23-24(19)14-15-4-3-5-15)21-10-8-16-12-17-6-1-2-7-18(17)22-13-16/h1-2,6-7,9,11-13,15H,3-5,8,10,14H2,(H,21,25). The van der Waals surface area contributed by atoms with Crippen LogP contribution in [0.25, 0.3) is 10.9 Å². The van der Waals surface area contributed by atoms with Gasteiger partial charge in [-0.1, -0.05) is 24.6 Å². The van der Waals surface area contributed by atoms with Crippen LogP contribution in [0.15, 0.2) is 48.8 Å². The van der Waals surface area contributed by atoms with Gasteiger partial charge in [-0.25, -0.2) is 0 Å². The van der Waals surface area contributed by atoms with Gasteiger partial charge in [0.1, 0.15) is 5.69 Å². The molecule has 1 aliphatic rings. The third kappa shape index (κ3) is 3.55. The van der Waals surface area contributed by atoms with Crippen molar-refractivity contribution in [1.82, 2.24) is 20.1 Å². The average molecular weight is 334 g/mol. The number of nitrogens with zero attached hydrogens (tertiary/aromatic N) is 3. The molecule has 0 bridgehead atoms. The number of pyridine rings is 1. The minimum absolute atomic E-state index is 0.0504. The molecule has 2 heterocycles. The van der Waals surface area contributed by atoms with Crippen molar-refractivity contribution < 1.29 is 4.79 Å². The molecule has 1 aliphatic carbocycles. The lowest BCUT2D eigenvalue weighted by atomic mass is 9.85. The number of fused-ring (bicyclic) bond motifs is 1. The molecule has 1 saturated carbocycles. The molecule has 25 heavy (non-hydrogen) atoms. The second-order valence-corrected chi connectivity index (χ2v) is 6.74. The summed E-state index contributed by atoms with van der Waals surface area (Å²) in [5, 5.41) is 8.44. The molecular weight excluding hydrogens is 312 g/mol. The van der Waals surface area contributed by atoms with Crippen molar-refractivity contribution >= 4 is 16.8 Å². The highest BCUT2D eigenvalue weighted by atomic mass is 16.2. The monoisotopic (exact) mass is 334 g/mol. The van der Waals surface area contributed by atoms with E-state index in [4.69, 9.17) is 0 Å². The van der Waals surface area contributed by atoms with Crippen molar-refractivity contribution in [3.63, 3.8) is 0 Å². The van der Waals surface area contributed by atoms with Crippen LogP contribution in [-0.2, 0) is 13.0 Å². The van der Waals surface area contributed by atoms with Gasteiger partial charge in [0, 0.05) is 30.9 Å². The van der Waals surface area contributed by atoms with E-state index in [1.807, 2.05) is 29.1 Å². The molecule has 1 N–H and O–H groups in total. The maximum absolute atomic E-state index is 12.4. The van der Waals surface area contributed by atoms with Crippen molar-refractivity contribution in [2.24, 2.45) is 5.92 Å². The summed E-state index contributed by atoms with van der Waals surface area (Å²) in [7, 11) is 0. The molecule has 1 aromatic carbocycles. The lowest BCUT2D eigenvalue weighted by molar-refractivity contribution is 0.0940. The molecule has 1 amide bonds. The van der Waals surface area contributed by atoms with Gasteiger partial charge in [0.25, 0.3) is 5.91 Å². The summed E-state index contributed by atoms with van der Waals surface area (Å²) in [5.74, 6) is 0.626. The van der Waals surface area contributed by atoms with E-state index in [2.05, 4.69) is 27.5 Å². The summed E-state index contributed by atoms with van der Waals surface area (Å²) in [6, 6.07) is 12.0. The number of hydrogen-bond acceptors (Lipinski definition) is 3. The van der Waals surface area contributed by atoms with Crippen LogP contribution in [0.5, 0.6) is 0 Å². The van der Waals surface area contributed by atoms with E-state index in [-0.39, 0.29) is 5.91 Å². The van der Waals surface area contributed by atoms with Crippen molar-refractivity contribution in [2.45, 2.75) is 32.2 Å². The number of amides is 1. The van der Waals surface area contributed by atoms with Gasteiger partial charge in [0.2, 0.25) is 0 Å². The molecule has 5 heteroatoms. The summed E-state index contributed by atoms with van der Waals surface area (Å²) in [4.78, 5) is 16.9. The fraction of sp³-hybridized carbons (Fsp3) is 0.350. The van der Waals surface area contributed by atoms with Crippen LogP contribution in [0.2, 0.25) is 0 Å². The van der Waals surface area contributed by atoms with E-state index < -0.39 is 0 Å². The second-order valence-electron chi connectivity index (χ2n) is 6.74. The molecule has 0 radical (unpaired) electrons. The molecule has 0 spiro atoms. The summed E-state index contributed by atoms with van der Waals surface area (Å²) >= 11 is 0. The molecule has 2 aromatic heterocycles. The van der Waals surface area contributed by atoms with E-state index >= 15 is 0 Å². The zero-order valence-electron chi connectivity index (χ0n) is 14.2. The molecule has 5 nitrogen and oxygen atoms in total. The molecule has 1 fully saturated rings. The number of nitrogens with one attached hydrogen (secondary N) is 1. The first-order valence-electron chi connectivity index (χ1n) is 8.93. The number of aromatic nitrogens is 3. The number of hydrogen-bond donors (Lipinski definition) is 1. The number of carbonyl (C=O) groups is 1. The van der Waals surface area contributed by atoms with Gasteiger partial charge >= 0.3 is 0 Å². The van der Waals surface area contributed by atoms with Crippen LogP contribution in [0, 0.1) is 5.92 Å². The predicted octanol–water partition coefficient (Wildman–Crippen LogP) is 3.20. The normalized spacial score (nSPS) is 14.4. The minimum atomic E-state index is -0.0504. The van der Waals surface area contributed by atoms with Crippen molar-refractivity contribution in [3.05, 3.63) is 60.0 Å². The Morgan fingerprint density at radius 3 is 2.96 bits per heavy atom. The van der Waals surface area contributed by atoms with Gasteiger partial charge < -0.3 is 5.32 Å². The van der Waals surface area contributed by atoms with Gasteiger partial charge in [-0.3, -0.25) is 14.5 Å². The van der Waals surface area contributed by atoms with Crippen LogP contribution in [0.3, 0.4) is 0 Å². The van der Waals surface area contributed by atoms with E-state index in [0.717, 1.165) is 29.4 Å². The fourth-order valence-electron chi connectivity index (χ4n) is 3.26. The molecular formula is C20H22N4O. The summed E-state index contributed by atoms with van der Waals surface area (Å²) in [6.45, 7) is 1.44. The Labute approximate surface area is 147 Å². The fourth-order valence-corrected chi connectivity index (χ4v) is 3.26. The van der Waals surface area contributed by atoms with Crippen LogP contribution >= 0.6 is 0 Å². The van der Waals surface area contributed by atoms with Crippen molar-refractivity contribution in [2.75, 3.05) is 6.54 Å². The van der Waals surface area contributed by atoms with Crippen LogP contribution in [0.4, 0.5) is 0 Å².